The second-order valence-corrected chi connectivity index (χ2v) is 6.62. The highest BCUT2D eigenvalue weighted by atomic mass is 35.5. The zero-order valence-corrected chi connectivity index (χ0v) is 15.7. The summed E-state index contributed by atoms with van der Waals surface area (Å²) in [5, 5.41) is 0. The number of benzene rings is 1. The van der Waals surface area contributed by atoms with E-state index in [9.17, 15) is 4.79 Å². The molecule has 136 valence electrons. The molecule has 24 heavy (non-hydrogen) atoms. The molecule has 1 aromatic carbocycles. The summed E-state index contributed by atoms with van der Waals surface area (Å²) in [5.74, 6) is 0.118. The largest absolute Gasteiger partial charge is 0.340 e. The predicted molar refractivity (Wildman–Crippen MR) is 103 cm³/mol. The molecule has 2 saturated heterocycles. The van der Waals surface area contributed by atoms with Crippen molar-refractivity contribution in [3.63, 3.8) is 0 Å². The van der Waals surface area contributed by atoms with Crippen LogP contribution in [-0.2, 0) is 11.2 Å². The number of likely N-dealkylation sites (tertiary alicyclic amines) is 2. The normalized spacial score (nSPS) is 22.4. The van der Waals surface area contributed by atoms with Gasteiger partial charge in [-0.05, 0) is 50.8 Å². The zero-order chi connectivity index (χ0) is 15.4. The van der Waals surface area contributed by atoms with E-state index >= 15 is 0 Å². The first-order valence-corrected chi connectivity index (χ1v) is 8.56. The van der Waals surface area contributed by atoms with Gasteiger partial charge < -0.3 is 10.6 Å². The lowest BCUT2D eigenvalue weighted by Crippen LogP contribution is -2.53. The summed E-state index contributed by atoms with van der Waals surface area (Å²) in [4.78, 5) is 17.2. The quantitative estimate of drug-likeness (QED) is 0.881. The minimum atomic E-state index is -0.417. The number of rotatable bonds is 4. The summed E-state index contributed by atoms with van der Waals surface area (Å²) >= 11 is 0. The van der Waals surface area contributed by atoms with Crippen LogP contribution in [0, 0.1) is 0 Å². The van der Waals surface area contributed by atoms with Gasteiger partial charge in [0.05, 0.1) is 6.04 Å². The molecule has 2 atom stereocenters. The Morgan fingerprint density at radius 2 is 1.75 bits per heavy atom. The maximum Gasteiger partial charge on any atom is 0.239 e. The highest BCUT2D eigenvalue weighted by Gasteiger charge is 2.31. The van der Waals surface area contributed by atoms with Gasteiger partial charge in [0, 0.05) is 19.1 Å². The van der Waals surface area contributed by atoms with Crippen LogP contribution in [0.4, 0.5) is 0 Å². The predicted octanol–water partition coefficient (Wildman–Crippen LogP) is 2.49. The number of nitrogens with zero attached hydrogens (tertiary/aromatic N) is 2. The van der Waals surface area contributed by atoms with Crippen LogP contribution in [0.2, 0.25) is 0 Å². The highest BCUT2D eigenvalue weighted by molar-refractivity contribution is 5.85. The molecule has 0 radical (unpaired) electrons. The Hall–Kier alpha value is -0.810. The van der Waals surface area contributed by atoms with Crippen molar-refractivity contribution in [1.82, 2.24) is 9.80 Å². The monoisotopic (exact) mass is 373 g/mol. The van der Waals surface area contributed by atoms with Gasteiger partial charge in [0.1, 0.15) is 0 Å². The van der Waals surface area contributed by atoms with Gasteiger partial charge in [-0.15, -0.1) is 24.8 Å². The number of nitrogens with two attached hydrogens (primary N) is 1. The summed E-state index contributed by atoms with van der Waals surface area (Å²) < 4.78 is 0. The molecule has 1 unspecified atom stereocenters. The number of halogens is 2. The third kappa shape index (κ3) is 5.35. The summed E-state index contributed by atoms with van der Waals surface area (Å²) in [6, 6.07) is 10.2. The SMILES string of the molecule is Cl.Cl.N[C@@H](Cc1ccccc1)C(=O)N1CCCC(N2CCCC2)C1. The van der Waals surface area contributed by atoms with E-state index in [1.54, 1.807) is 0 Å². The number of carbonyl (C=O) groups excluding carboxylic acids is 1. The molecule has 2 fully saturated rings. The molecular formula is C18H29Cl2N3O. The molecule has 2 heterocycles. The van der Waals surface area contributed by atoms with Crippen LogP contribution in [0.1, 0.15) is 31.2 Å². The van der Waals surface area contributed by atoms with Crippen molar-refractivity contribution in [2.45, 2.75) is 44.2 Å². The Kier molecular flexibility index (Phi) is 9.06. The van der Waals surface area contributed by atoms with E-state index in [2.05, 4.69) is 4.90 Å². The highest BCUT2D eigenvalue weighted by Crippen LogP contribution is 2.21. The van der Waals surface area contributed by atoms with Gasteiger partial charge >= 0.3 is 0 Å². The molecule has 1 aromatic rings. The fourth-order valence-corrected chi connectivity index (χ4v) is 3.75. The smallest absolute Gasteiger partial charge is 0.239 e. The van der Waals surface area contributed by atoms with Crippen molar-refractivity contribution in [3.8, 4) is 0 Å². The molecule has 3 rings (SSSR count). The van der Waals surface area contributed by atoms with Crippen LogP contribution in [0.15, 0.2) is 30.3 Å². The first kappa shape index (κ1) is 21.2. The molecule has 0 aliphatic carbocycles. The Morgan fingerprint density at radius 3 is 2.42 bits per heavy atom. The van der Waals surface area contributed by atoms with Crippen LogP contribution in [-0.4, -0.2) is 54.0 Å². The maximum absolute atomic E-state index is 12.6. The van der Waals surface area contributed by atoms with Gasteiger partial charge in [-0.3, -0.25) is 9.69 Å². The topological polar surface area (TPSA) is 49.6 Å². The third-order valence-corrected chi connectivity index (χ3v) is 4.98. The molecule has 0 aromatic heterocycles. The van der Waals surface area contributed by atoms with Gasteiger partial charge in [0.25, 0.3) is 0 Å². The van der Waals surface area contributed by atoms with Gasteiger partial charge in [0.2, 0.25) is 5.91 Å². The average Bonchev–Trinajstić information content (AvgIpc) is 3.10. The van der Waals surface area contributed by atoms with Gasteiger partial charge in [-0.1, -0.05) is 30.3 Å². The van der Waals surface area contributed by atoms with Crippen LogP contribution < -0.4 is 5.73 Å². The molecule has 2 N–H and O–H groups in total. The van der Waals surface area contributed by atoms with Crippen LogP contribution in [0.3, 0.4) is 0 Å². The van der Waals surface area contributed by atoms with Gasteiger partial charge in [0.15, 0.2) is 0 Å². The van der Waals surface area contributed by atoms with E-state index in [-0.39, 0.29) is 30.7 Å². The van der Waals surface area contributed by atoms with Crippen molar-refractivity contribution in [2.75, 3.05) is 26.2 Å². The fourth-order valence-electron chi connectivity index (χ4n) is 3.75. The number of piperidine rings is 1. The van der Waals surface area contributed by atoms with E-state index in [1.807, 2.05) is 35.2 Å². The van der Waals surface area contributed by atoms with Crippen molar-refractivity contribution in [3.05, 3.63) is 35.9 Å². The third-order valence-electron chi connectivity index (χ3n) is 4.98. The minimum absolute atomic E-state index is 0. The van der Waals surface area contributed by atoms with E-state index in [1.165, 1.54) is 32.4 Å². The second kappa shape index (κ2) is 10.2. The molecule has 2 aliphatic heterocycles. The summed E-state index contributed by atoms with van der Waals surface area (Å²) in [5.41, 5.74) is 7.31. The van der Waals surface area contributed by atoms with Crippen LogP contribution >= 0.6 is 24.8 Å². The lowest BCUT2D eigenvalue weighted by molar-refractivity contribution is -0.134. The Morgan fingerprint density at radius 1 is 1.08 bits per heavy atom. The van der Waals surface area contributed by atoms with E-state index in [0.717, 1.165) is 25.1 Å². The zero-order valence-electron chi connectivity index (χ0n) is 14.1. The number of hydrogen-bond donors (Lipinski definition) is 1. The standard InChI is InChI=1S/C18H27N3O.2ClH/c19-17(13-15-7-2-1-3-8-15)18(22)21-12-6-9-16(14-21)20-10-4-5-11-20;;/h1-3,7-8,16-17H,4-6,9-14,19H2;2*1H/t16?,17-;;/m0../s1. The lowest BCUT2D eigenvalue weighted by atomic mass is 10.0. The molecule has 0 spiro atoms. The molecular weight excluding hydrogens is 345 g/mol. The van der Waals surface area contributed by atoms with E-state index in [0.29, 0.717) is 12.5 Å². The first-order chi connectivity index (χ1) is 10.7. The summed E-state index contributed by atoms with van der Waals surface area (Å²) in [6.07, 6.45) is 5.56. The van der Waals surface area contributed by atoms with Crippen molar-refractivity contribution >= 4 is 30.7 Å². The first-order valence-electron chi connectivity index (χ1n) is 8.56. The Labute approximate surface area is 157 Å². The molecule has 4 nitrogen and oxygen atoms in total. The van der Waals surface area contributed by atoms with Crippen molar-refractivity contribution in [2.24, 2.45) is 5.73 Å². The number of hydrogen-bond acceptors (Lipinski definition) is 3. The van der Waals surface area contributed by atoms with Gasteiger partial charge in [-0.2, -0.15) is 0 Å². The van der Waals surface area contributed by atoms with Crippen molar-refractivity contribution < 1.29 is 4.79 Å². The minimum Gasteiger partial charge on any atom is -0.340 e. The van der Waals surface area contributed by atoms with Crippen LogP contribution in [0.5, 0.6) is 0 Å². The number of amides is 1. The second-order valence-electron chi connectivity index (χ2n) is 6.62. The molecule has 6 heteroatoms. The number of carbonyl (C=O) groups is 1. The van der Waals surface area contributed by atoms with Gasteiger partial charge in [-0.25, -0.2) is 0 Å². The average molecular weight is 374 g/mol. The summed E-state index contributed by atoms with van der Waals surface area (Å²) in [7, 11) is 0. The molecule has 2 aliphatic rings. The summed E-state index contributed by atoms with van der Waals surface area (Å²) in [6.45, 7) is 4.12. The Bertz CT molecular complexity index is 494. The van der Waals surface area contributed by atoms with Crippen molar-refractivity contribution in [1.29, 1.82) is 0 Å². The fraction of sp³-hybridized carbons (Fsp3) is 0.611. The van der Waals surface area contributed by atoms with E-state index < -0.39 is 6.04 Å². The Balaban J connectivity index is 0.00000144. The molecule has 0 saturated carbocycles. The molecule has 0 bridgehead atoms. The maximum atomic E-state index is 12.6. The molecule has 1 amide bonds. The van der Waals surface area contributed by atoms with E-state index in [4.69, 9.17) is 5.73 Å². The van der Waals surface area contributed by atoms with Crippen LogP contribution in [0.25, 0.3) is 0 Å². The lowest BCUT2D eigenvalue weighted by Gasteiger charge is -2.38.